The van der Waals surface area contributed by atoms with Crippen LogP contribution in [0.3, 0.4) is 0 Å². The maximum Gasteiger partial charge on any atom is 0.224 e. The fourth-order valence-electron chi connectivity index (χ4n) is 3.80. The standard InChI is InChI=1S/C23H32ClN5O3Si/c1-23(2)31-15-17(32-23)14-28(21-9-10-25-22(24)27-21)19-7-6-8-20-18(19)13-26-29(20)16-30-11-12-33(3,4)5/h6-10,13,17H,11-12,14-16H2,1-5H3/t17-/m1/s1. The lowest BCUT2D eigenvalue weighted by Crippen LogP contribution is -2.32. The van der Waals surface area contributed by atoms with Crippen molar-refractivity contribution < 1.29 is 14.2 Å². The van der Waals surface area contributed by atoms with E-state index in [1.807, 2.05) is 36.9 Å². The van der Waals surface area contributed by atoms with Crippen LogP contribution in [0.25, 0.3) is 10.9 Å². The molecule has 1 atom stereocenters. The summed E-state index contributed by atoms with van der Waals surface area (Å²) in [4.78, 5) is 10.6. The number of anilines is 2. The number of benzene rings is 1. The molecule has 0 N–H and O–H groups in total. The van der Waals surface area contributed by atoms with Crippen molar-refractivity contribution in [2.75, 3.05) is 24.7 Å². The van der Waals surface area contributed by atoms with Crippen LogP contribution in [0.15, 0.2) is 36.7 Å². The summed E-state index contributed by atoms with van der Waals surface area (Å²) >= 11 is 6.13. The Labute approximate surface area is 200 Å². The summed E-state index contributed by atoms with van der Waals surface area (Å²) in [7, 11) is -1.13. The highest BCUT2D eigenvalue weighted by atomic mass is 35.5. The van der Waals surface area contributed by atoms with Crippen LogP contribution in [-0.4, -0.2) is 59.5 Å². The number of hydrogen-bond donors (Lipinski definition) is 0. The minimum atomic E-state index is -1.13. The van der Waals surface area contributed by atoms with E-state index < -0.39 is 13.9 Å². The molecule has 0 amide bonds. The van der Waals surface area contributed by atoms with Crippen LogP contribution < -0.4 is 4.90 Å². The Morgan fingerprint density at radius 3 is 2.79 bits per heavy atom. The van der Waals surface area contributed by atoms with E-state index in [0.29, 0.717) is 25.7 Å². The van der Waals surface area contributed by atoms with E-state index >= 15 is 0 Å². The average molecular weight is 490 g/mol. The molecular formula is C23H32ClN5O3Si. The Hall–Kier alpha value is -2.04. The summed E-state index contributed by atoms with van der Waals surface area (Å²) in [6.45, 7) is 13.1. The topological polar surface area (TPSA) is 74.5 Å². The first kappa shape index (κ1) is 24.1. The summed E-state index contributed by atoms with van der Waals surface area (Å²) in [5.41, 5.74) is 1.96. The number of aromatic nitrogens is 4. The Morgan fingerprint density at radius 1 is 1.27 bits per heavy atom. The highest BCUT2D eigenvalue weighted by molar-refractivity contribution is 6.76. The molecule has 1 aliphatic heterocycles. The van der Waals surface area contributed by atoms with Crippen LogP contribution in [0.5, 0.6) is 0 Å². The highest BCUT2D eigenvalue weighted by Gasteiger charge is 2.34. The van der Waals surface area contributed by atoms with Crippen molar-refractivity contribution >= 4 is 42.1 Å². The summed E-state index contributed by atoms with van der Waals surface area (Å²) < 4.78 is 19.7. The predicted octanol–water partition coefficient (Wildman–Crippen LogP) is 5.08. The molecule has 0 radical (unpaired) electrons. The van der Waals surface area contributed by atoms with Gasteiger partial charge in [-0.2, -0.15) is 5.10 Å². The minimum Gasteiger partial charge on any atom is -0.360 e. The van der Waals surface area contributed by atoms with Crippen LogP contribution in [0.4, 0.5) is 11.5 Å². The summed E-state index contributed by atoms with van der Waals surface area (Å²) in [5.74, 6) is 0.0824. The van der Waals surface area contributed by atoms with Crippen molar-refractivity contribution in [2.24, 2.45) is 0 Å². The van der Waals surface area contributed by atoms with Gasteiger partial charge < -0.3 is 19.1 Å². The van der Waals surface area contributed by atoms with Crippen LogP contribution >= 0.6 is 11.6 Å². The molecule has 178 valence electrons. The summed E-state index contributed by atoms with van der Waals surface area (Å²) in [6.07, 6.45) is 3.41. The fourth-order valence-corrected chi connectivity index (χ4v) is 4.70. The molecule has 33 heavy (non-hydrogen) atoms. The molecule has 1 aromatic carbocycles. The first-order chi connectivity index (χ1) is 15.6. The largest absolute Gasteiger partial charge is 0.360 e. The molecule has 3 heterocycles. The van der Waals surface area contributed by atoms with Crippen molar-refractivity contribution in [3.05, 3.63) is 41.9 Å². The van der Waals surface area contributed by atoms with E-state index in [2.05, 4.69) is 51.7 Å². The SMILES string of the molecule is CC1(C)OC[C@@H](CN(c2ccnc(Cl)n2)c2cccc3c2cnn3COCC[Si](C)(C)C)O1. The van der Waals surface area contributed by atoms with Gasteiger partial charge in [0.05, 0.1) is 30.6 Å². The molecule has 1 fully saturated rings. The molecule has 1 saturated heterocycles. The normalized spacial score (nSPS) is 18.2. The van der Waals surface area contributed by atoms with Gasteiger partial charge in [0.1, 0.15) is 18.7 Å². The second kappa shape index (κ2) is 9.67. The van der Waals surface area contributed by atoms with E-state index in [4.69, 9.17) is 25.8 Å². The molecule has 3 aromatic rings. The van der Waals surface area contributed by atoms with E-state index in [1.54, 1.807) is 6.20 Å². The zero-order chi connectivity index (χ0) is 23.6. The van der Waals surface area contributed by atoms with Gasteiger partial charge in [0.15, 0.2) is 5.79 Å². The third-order valence-electron chi connectivity index (χ3n) is 5.51. The molecule has 0 spiro atoms. The molecule has 0 unspecified atom stereocenters. The molecule has 1 aliphatic rings. The lowest BCUT2D eigenvalue weighted by molar-refractivity contribution is -0.137. The lowest BCUT2D eigenvalue weighted by Gasteiger charge is -2.27. The third kappa shape index (κ3) is 6.10. The zero-order valence-electron chi connectivity index (χ0n) is 19.9. The summed E-state index contributed by atoms with van der Waals surface area (Å²) in [6, 6.07) is 9.09. The second-order valence-electron chi connectivity index (χ2n) is 9.95. The van der Waals surface area contributed by atoms with Gasteiger partial charge in [-0.15, -0.1) is 0 Å². The van der Waals surface area contributed by atoms with Gasteiger partial charge >= 0.3 is 0 Å². The van der Waals surface area contributed by atoms with Crippen LogP contribution in [-0.2, 0) is 20.9 Å². The van der Waals surface area contributed by atoms with Crippen molar-refractivity contribution in [2.45, 2.75) is 58.2 Å². The van der Waals surface area contributed by atoms with Gasteiger partial charge in [0, 0.05) is 26.3 Å². The minimum absolute atomic E-state index is 0.121. The number of hydrogen-bond acceptors (Lipinski definition) is 7. The molecule has 10 heteroatoms. The Balaban J connectivity index is 1.62. The quantitative estimate of drug-likeness (QED) is 0.235. The zero-order valence-corrected chi connectivity index (χ0v) is 21.7. The van der Waals surface area contributed by atoms with Crippen molar-refractivity contribution in [1.29, 1.82) is 0 Å². The van der Waals surface area contributed by atoms with Crippen LogP contribution in [0.1, 0.15) is 13.8 Å². The molecule has 8 nitrogen and oxygen atoms in total. The summed E-state index contributed by atoms with van der Waals surface area (Å²) in [5, 5.41) is 5.79. The second-order valence-corrected chi connectivity index (χ2v) is 15.9. The Bertz CT molecular complexity index is 1100. The maximum absolute atomic E-state index is 6.13. The van der Waals surface area contributed by atoms with Gasteiger partial charge in [-0.1, -0.05) is 25.7 Å². The van der Waals surface area contributed by atoms with E-state index in [0.717, 1.165) is 29.2 Å². The van der Waals surface area contributed by atoms with E-state index in [-0.39, 0.29) is 11.4 Å². The maximum atomic E-state index is 6.13. The van der Waals surface area contributed by atoms with Gasteiger partial charge in [-0.25, -0.2) is 14.6 Å². The van der Waals surface area contributed by atoms with Crippen LogP contribution in [0, 0.1) is 0 Å². The van der Waals surface area contributed by atoms with Crippen LogP contribution in [0.2, 0.25) is 31.0 Å². The first-order valence-electron chi connectivity index (χ1n) is 11.2. The number of halogens is 1. The average Bonchev–Trinajstić information content (AvgIpc) is 3.31. The number of rotatable bonds is 9. The van der Waals surface area contributed by atoms with Crippen molar-refractivity contribution in [1.82, 2.24) is 19.7 Å². The van der Waals surface area contributed by atoms with Gasteiger partial charge in [0.25, 0.3) is 0 Å². The van der Waals surface area contributed by atoms with Gasteiger partial charge in [-0.3, -0.25) is 0 Å². The van der Waals surface area contributed by atoms with Gasteiger partial charge in [-0.05, 0) is 49.7 Å². The van der Waals surface area contributed by atoms with E-state index in [9.17, 15) is 0 Å². The fraction of sp³-hybridized carbons (Fsp3) is 0.522. The molecule has 2 aromatic heterocycles. The van der Waals surface area contributed by atoms with Gasteiger partial charge in [0.2, 0.25) is 5.28 Å². The molecule has 0 aliphatic carbocycles. The third-order valence-corrected chi connectivity index (χ3v) is 7.39. The molecule has 4 rings (SSSR count). The smallest absolute Gasteiger partial charge is 0.224 e. The predicted molar refractivity (Wildman–Crippen MR) is 133 cm³/mol. The first-order valence-corrected chi connectivity index (χ1v) is 15.3. The number of nitrogens with zero attached hydrogens (tertiary/aromatic N) is 5. The molecule has 0 bridgehead atoms. The molecular weight excluding hydrogens is 458 g/mol. The highest BCUT2D eigenvalue weighted by Crippen LogP contribution is 2.34. The number of fused-ring (bicyclic) bond motifs is 1. The van der Waals surface area contributed by atoms with Crippen molar-refractivity contribution in [3.8, 4) is 0 Å². The lowest BCUT2D eigenvalue weighted by atomic mass is 10.2. The van der Waals surface area contributed by atoms with Crippen molar-refractivity contribution in [3.63, 3.8) is 0 Å². The monoisotopic (exact) mass is 489 g/mol. The number of ether oxygens (including phenoxy) is 3. The van der Waals surface area contributed by atoms with E-state index in [1.165, 1.54) is 0 Å². The molecule has 0 saturated carbocycles. The Kier molecular flexibility index (Phi) is 7.06. The Morgan fingerprint density at radius 2 is 2.09 bits per heavy atom.